The summed E-state index contributed by atoms with van der Waals surface area (Å²) in [4.78, 5) is 0. The molecule has 0 aliphatic carbocycles. The van der Waals surface area contributed by atoms with Crippen LogP contribution in [0.4, 0.5) is 22.0 Å². The average molecular weight is 301 g/mol. The van der Waals surface area contributed by atoms with E-state index in [-0.39, 0.29) is 12.0 Å². The van der Waals surface area contributed by atoms with E-state index in [2.05, 4.69) is 0 Å². The predicted molar refractivity (Wildman–Crippen MR) is 68.4 cm³/mol. The third-order valence-electron chi connectivity index (χ3n) is 3.09. The van der Waals surface area contributed by atoms with Crippen LogP contribution in [0.3, 0.4) is 0 Å². The third-order valence-corrected chi connectivity index (χ3v) is 3.09. The molecule has 0 amide bonds. The maximum absolute atomic E-state index is 13.6. The van der Waals surface area contributed by atoms with Crippen LogP contribution in [0.2, 0.25) is 0 Å². The Morgan fingerprint density at radius 3 is 2.33 bits per heavy atom. The van der Waals surface area contributed by atoms with Gasteiger partial charge in [0.05, 0.1) is 5.56 Å². The number of benzene rings is 2. The molecule has 0 bridgehead atoms. The van der Waals surface area contributed by atoms with E-state index in [4.69, 9.17) is 5.73 Å². The number of alkyl halides is 3. The Labute approximate surface area is 118 Å². The lowest BCUT2D eigenvalue weighted by molar-refractivity contribution is -0.137. The van der Waals surface area contributed by atoms with Crippen molar-refractivity contribution >= 4 is 0 Å². The van der Waals surface area contributed by atoms with Crippen molar-refractivity contribution in [3.8, 4) is 0 Å². The van der Waals surface area contributed by atoms with Crippen molar-refractivity contribution < 1.29 is 22.0 Å². The molecule has 6 heteroatoms. The van der Waals surface area contributed by atoms with Crippen LogP contribution in [0.15, 0.2) is 42.5 Å². The molecule has 2 aromatic rings. The smallest absolute Gasteiger partial charge is 0.324 e. The highest BCUT2D eigenvalue weighted by Gasteiger charge is 2.30. The van der Waals surface area contributed by atoms with Crippen LogP contribution in [0.25, 0.3) is 0 Å². The molecule has 0 spiro atoms. The van der Waals surface area contributed by atoms with E-state index < -0.39 is 29.4 Å². The van der Waals surface area contributed by atoms with E-state index in [0.29, 0.717) is 5.56 Å². The Bertz CT molecular complexity index is 636. The average Bonchev–Trinajstić information content (AvgIpc) is 2.41. The molecule has 1 atom stereocenters. The highest BCUT2D eigenvalue weighted by molar-refractivity contribution is 5.29. The normalized spacial score (nSPS) is 13.2. The van der Waals surface area contributed by atoms with Gasteiger partial charge in [-0.2, -0.15) is 13.2 Å². The Hall–Kier alpha value is -1.95. The second kappa shape index (κ2) is 5.81. The van der Waals surface area contributed by atoms with Crippen molar-refractivity contribution in [3.05, 3.63) is 70.8 Å². The van der Waals surface area contributed by atoms with Gasteiger partial charge in [-0.05, 0) is 24.1 Å². The van der Waals surface area contributed by atoms with E-state index in [0.717, 1.165) is 18.2 Å². The summed E-state index contributed by atoms with van der Waals surface area (Å²) in [6.45, 7) is 0. The molecular weight excluding hydrogens is 289 g/mol. The Morgan fingerprint density at radius 2 is 1.67 bits per heavy atom. The molecule has 0 aliphatic heterocycles. The number of hydrogen-bond donors (Lipinski definition) is 1. The van der Waals surface area contributed by atoms with Crippen molar-refractivity contribution in [1.29, 1.82) is 0 Å². The molecule has 0 aliphatic rings. The SMILES string of the molecule is NC(Cc1cccc(C(F)(F)F)c1)c1cccc(F)c1F. The van der Waals surface area contributed by atoms with Gasteiger partial charge in [-0.25, -0.2) is 8.78 Å². The van der Waals surface area contributed by atoms with Crippen LogP contribution >= 0.6 is 0 Å². The molecule has 0 fully saturated rings. The van der Waals surface area contributed by atoms with E-state index in [1.54, 1.807) is 0 Å². The molecular formula is C15H12F5N. The lowest BCUT2D eigenvalue weighted by Gasteiger charge is -2.14. The van der Waals surface area contributed by atoms with Crippen LogP contribution in [0, 0.1) is 11.6 Å². The summed E-state index contributed by atoms with van der Waals surface area (Å²) in [6.07, 6.45) is -4.48. The zero-order chi connectivity index (χ0) is 15.6. The first-order chi connectivity index (χ1) is 9.79. The van der Waals surface area contributed by atoms with Crippen LogP contribution in [-0.2, 0) is 12.6 Å². The quantitative estimate of drug-likeness (QED) is 0.844. The largest absolute Gasteiger partial charge is 0.416 e. The summed E-state index contributed by atoms with van der Waals surface area (Å²) in [5.41, 5.74) is 5.21. The Morgan fingerprint density at radius 1 is 1.00 bits per heavy atom. The van der Waals surface area contributed by atoms with Crippen molar-refractivity contribution in [2.75, 3.05) is 0 Å². The summed E-state index contributed by atoms with van der Waals surface area (Å²) in [7, 11) is 0. The van der Waals surface area contributed by atoms with Gasteiger partial charge in [0.15, 0.2) is 11.6 Å². The summed E-state index contributed by atoms with van der Waals surface area (Å²) >= 11 is 0. The predicted octanol–water partition coefficient (Wildman–Crippen LogP) is 4.23. The van der Waals surface area contributed by atoms with Crippen LogP contribution in [0.1, 0.15) is 22.7 Å². The number of rotatable bonds is 3. The molecule has 2 N–H and O–H groups in total. The van der Waals surface area contributed by atoms with Crippen molar-refractivity contribution in [2.24, 2.45) is 5.73 Å². The van der Waals surface area contributed by atoms with Gasteiger partial charge in [0, 0.05) is 11.6 Å². The summed E-state index contributed by atoms with van der Waals surface area (Å²) in [5, 5.41) is 0. The number of hydrogen-bond acceptors (Lipinski definition) is 1. The lowest BCUT2D eigenvalue weighted by Crippen LogP contribution is -2.16. The topological polar surface area (TPSA) is 26.0 Å². The van der Waals surface area contributed by atoms with Gasteiger partial charge >= 0.3 is 6.18 Å². The highest BCUT2D eigenvalue weighted by Crippen LogP contribution is 2.30. The maximum Gasteiger partial charge on any atom is 0.416 e. The van der Waals surface area contributed by atoms with Gasteiger partial charge in [-0.1, -0.05) is 30.3 Å². The number of halogens is 5. The highest BCUT2D eigenvalue weighted by atomic mass is 19.4. The molecule has 1 unspecified atom stereocenters. The number of nitrogens with two attached hydrogens (primary N) is 1. The molecule has 0 radical (unpaired) electrons. The van der Waals surface area contributed by atoms with Gasteiger partial charge in [-0.15, -0.1) is 0 Å². The minimum absolute atomic E-state index is 0.0235. The molecule has 0 heterocycles. The maximum atomic E-state index is 13.6. The second-order valence-corrected chi connectivity index (χ2v) is 4.65. The molecule has 21 heavy (non-hydrogen) atoms. The molecule has 2 aromatic carbocycles. The summed E-state index contributed by atoms with van der Waals surface area (Å²) in [5.74, 6) is -2.11. The van der Waals surface area contributed by atoms with E-state index in [1.165, 1.54) is 24.3 Å². The minimum Gasteiger partial charge on any atom is -0.324 e. The van der Waals surface area contributed by atoms with Gasteiger partial charge in [0.1, 0.15) is 0 Å². The Kier molecular flexibility index (Phi) is 4.27. The zero-order valence-corrected chi connectivity index (χ0v) is 10.8. The van der Waals surface area contributed by atoms with Crippen LogP contribution in [-0.4, -0.2) is 0 Å². The summed E-state index contributed by atoms with van der Waals surface area (Å²) < 4.78 is 64.5. The van der Waals surface area contributed by atoms with Crippen molar-refractivity contribution in [2.45, 2.75) is 18.6 Å². The first-order valence-electron chi connectivity index (χ1n) is 6.14. The zero-order valence-electron chi connectivity index (χ0n) is 10.8. The van der Waals surface area contributed by atoms with Gasteiger partial charge in [-0.3, -0.25) is 0 Å². The minimum atomic E-state index is -4.45. The fourth-order valence-corrected chi connectivity index (χ4v) is 2.05. The van der Waals surface area contributed by atoms with Gasteiger partial charge in [0.2, 0.25) is 0 Å². The monoisotopic (exact) mass is 301 g/mol. The van der Waals surface area contributed by atoms with E-state index in [1.807, 2.05) is 0 Å². The van der Waals surface area contributed by atoms with E-state index in [9.17, 15) is 22.0 Å². The van der Waals surface area contributed by atoms with Crippen molar-refractivity contribution in [1.82, 2.24) is 0 Å². The van der Waals surface area contributed by atoms with Crippen molar-refractivity contribution in [3.63, 3.8) is 0 Å². The summed E-state index contributed by atoms with van der Waals surface area (Å²) in [6, 6.07) is 7.27. The first-order valence-corrected chi connectivity index (χ1v) is 6.14. The lowest BCUT2D eigenvalue weighted by atomic mass is 9.98. The molecule has 1 nitrogen and oxygen atoms in total. The first kappa shape index (κ1) is 15.4. The molecule has 0 saturated carbocycles. The standard InChI is InChI=1S/C15H12F5N/c16-12-6-2-5-11(14(12)17)13(21)8-9-3-1-4-10(7-9)15(18,19)20/h1-7,13H,8,21H2. The molecule has 0 aromatic heterocycles. The van der Waals surface area contributed by atoms with Crippen LogP contribution < -0.4 is 5.73 Å². The van der Waals surface area contributed by atoms with Crippen LogP contribution in [0.5, 0.6) is 0 Å². The Balaban J connectivity index is 2.24. The molecule has 2 rings (SSSR count). The molecule has 0 saturated heterocycles. The van der Waals surface area contributed by atoms with Gasteiger partial charge in [0.25, 0.3) is 0 Å². The second-order valence-electron chi connectivity index (χ2n) is 4.65. The fourth-order valence-electron chi connectivity index (χ4n) is 2.05. The van der Waals surface area contributed by atoms with Gasteiger partial charge < -0.3 is 5.73 Å². The van der Waals surface area contributed by atoms with E-state index >= 15 is 0 Å². The molecule has 112 valence electrons. The fraction of sp³-hybridized carbons (Fsp3) is 0.200. The third kappa shape index (κ3) is 3.58.